The van der Waals surface area contributed by atoms with Crippen LogP contribution in [0.1, 0.15) is 32.4 Å². The fourth-order valence-electron chi connectivity index (χ4n) is 2.57. The van der Waals surface area contributed by atoms with Crippen LogP contribution in [0.5, 0.6) is 0 Å². The molecule has 21 heavy (non-hydrogen) atoms. The quantitative estimate of drug-likeness (QED) is 0.736. The Morgan fingerprint density at radius 3 is 2.62 bits per heavy atom. The highest BCUT2D eigenvalue weighted by molar-refractivity contribution is 5.80. The van der Waals surface area contributed by atoms with Gasteiger partial charge in [0.15, 0.2) is 0 Å². The van der Waals surface area contributed by atoms with Crippen molar-refractivity contribution in [3.63, 3.8) is 0 Å². The second-order valence-corrected chi connectivity index (χ2v) is 6.47. The maximum absolute atomic E-state index is 5.89. The smallest absolute Gasteiger partial charge is 0.128 e. The average Bonchev–Trinajstić information content (AvgIpc) is 2.94. The van der Waals surface area contributed by atoms with E-state index in [2.05, 4.69) is 30.3 Å². The minimum absolute atomic E-state index is 0.0427. The molecule has 3 rings (SSSR count). The molecule has 110 valence electrons. The number of hydrogen-bond acceptors (Lipinski definition) is 3. The van der Waals surface area contributed by atoms with Gasteiger partial charge in [-0.2, -0.15) is 0 Å². The van der Waals surface area contributed by atoms with E-state index in [0.29, 0.717) is 6.54 Å². The van der Waals surface area contributed by atoms with Gasteiger partial charge in [-0.15, -0.1) is 0 Å². The van der Waals surface area contributed by atoms with E-state index in [9.17, 15) is 0 Å². The van der Waals surface area contributed by atoms with Gasteiger partial charge in [-0.1, -0.05) is 20.8 Å². The van der Waals surface area contributed by atoms with Crippen LogP contribution >= 0.6 is 0 Å². The maximum atomic E-state index is 5.89. The summed E-state index contributed by atoms with van der Waals surface area (Å²) in [4.78, 5) is 9.23. The maximum Gasteiger partial charge on any atom is 0.128 e. The lowest BCUT2D eigenvalue weighted by Crippen LogP contribution is -2.20. The van der Waals surface area contributed by atoms with Crippen LogP contribution in [0.3, 0.4) is 0 Å². The van der Waals surface area contributed by atoms with Gasteiger partial charge in [-0.25, -0.2) is 9.97 Å². The molecule has 0 radical (unpaired) electrons. The largest absolute Gasteiger partial charge is 0.399 e. The zero-order valence-electron chi connectivity index (χ0n) is 13.0. The fourth-order valence-corrected chi connectivity index (χ4v) is 2.57. The van der Waals surface area contributed by atoms with E-state index in [4.69, 9.17) is 10.7 Å². The molecule has 0 amide bonds. The Labute approximate surface area is 124 Å². The molecule has 0 saturated heterocycles. The predicted molar refractivity (Wildman–Crippen MR) is 85.2 cm³/mol. The zero-order chi connectivity index (χ0) is 15.2. The minimum Gasteiger partial charge on any atom is -0.399 e. The number of nitrogens with zero attached hydrogens (tertiary/aromatic N) is 4. The van der Waals surface area contributed by atoms with Crippen LogP contribution in [0.2, 0.25) is 0 Å². The standard InChI is InChI=1S/C16H21N5/c1-16(2,3)15-19-12-9-11(17)5-6-13(12)21(15)10-14-18-7-8-20(14)4/h5-9H,10,17H2,1-4H3. The van der Waals surface area contributed by atoms with Crippen molar-refractivity contribution in [1.82, 2.24) is 19.1 Å². The van der Waals surface area contributed by atoms with Crippen LogP contribution in [0.4, 0.5) is 5.69 Å². The summed E-state index contributed by atoms with van der Waals surface area (Å²) in [7, 11) is 2.01. The number of benzene rings is 1. The Kier molecular flexibility index (Phi) is 3.01. The van der Waals surface area contributed by atoms with Crippen LogP contribution in [0, 0.1) is 0 Å². The Morgan fingerprint density at radius 2 is 2.00 bits per heavy atom. The van der Waals surface area contributed by atoms with Crippen molar-refractivity contribution in [3.8, 4) is 0 Å². The van der Waals surface area contributed by atoms with Crippen LogP contribution < -0.4 is 5.73 Å². The molecule has 5 heteroatoms. The summed E-state index contributed by atoms with van der Waals surface area (Å²) in [6.07, 6.45) is 3.78. The summed E-state index contributed by atoms with van der Waals surface area (Å²) >= 11 is 0. The first-order valence-electron chi connectivity index (χ1n) is 7.09. The highest BCUT2D eigenvalue weighted by Gasteiger charge is 2.23. The fraction of sp³-hybridized carbons (Fsp3) is 0.375. The molecule has 0 saturated carbocycles. The number of aryl methyl sites for hydroxylation is 1. The second kappa shape index (κ2) is 4.62. The van der Waals surface area contributed by atoms with E-state index in [1.54, 1.807) is 0 Å². The van der Waals surface area contributed by atoms with E-state index in [1.807, 2.05) is 42.2 Å². The van der Waals surface area contributed by atoms with Crippen LogP contribution in [0.15, 0.2) is 30.6 Å². The lowest BCUT2D eigenvalue weighted by atomic mass is 9.95. The molecule has 0 unspecified atom stereocenters. The van der Waals surface area contributed by atoms with Gasteiger partial charge in [-0.05, 0) is 18.2 Å². The normalized spacial score (nSPS) is 12.2. The summed E-state index contributed by atoms with van der Waals surface area (Å²) < 4.78 is 4.27. The van der Waals surface area contributed by atoms with Gasteiger partial charge in [0.1, 0.15) is 11.6 Å². The molecular weight excluding hydrogens is 262 g/mol. The van der Waals surface area contributed by atoms with Crippen molar-refractivity contribution in [2.24, 2.45) is 7.05 Å². The Bertz CT molecular complexity index is 789. The van der Waals surface area contributed by atoms with Gasteiger partial charge in [-0.3, -0.25) is 0 Å². The minimum atomic E-state index is -0.0427. The summed E-state index contributed by atoms with van der Waals surface area (Å²) in [6.45, 7) is 7.22. The third-order valence-corrected chi connectivity index (χ3v) is 3.66. The van der Waals surface area contributed by atoms with Gasteiger partial charge < -0.3 is 14.9 Å². The highest BCUT2D eigenvalue weighted by atomic mass is 15.1. The summed E-state index contributed by atoms with van der Waals surface area (Å²) in [5.74, 6) is 2.06. The van der Waals surface area contributed by atoms with Crippen molar-refractivity contribution in [1.29, 1.82) is 0 Å². The lowest BCUT2D eigenvalue weighted by Gasteiger charge is -2.20. The van der Waals surface area contributed by atoms with E-state index in [0.717, 1.165) is 28.4 Å². The number of anilines is 1. The SMILES string of the molecule is Cn1ccnc1Cn1c(C(C)(C)C)nc2cc(N)ccc21. The molecule has 0 fully saturated rings. The number of nitrogens with two attached hydrogens (primary N) is 1. The number of hydrogen-bond donors (Lipinski definition) is 1. The molecule has 0 atom stereocenters. The van der Waals surface area contributed by atoms with Crippen molar-refractivity contribution < 1.29 is 0 Å². The molecule has 2 N–H and O–H groups in total. The third-order valence-electron chi connectivity index (χ3n) is 3.66. The molecule has 3 aromatic rings. The van der Waals surface area contributed by atoms with E-state index >= 15 is 0 Å². The number of nitrogen functional groups attached to an aromatic ring is 1. The Balaban J connectivity index is 2.20. The number of fused-ring (bicyclic) bond motifs is 1. The molecule has 0 aliphatic rings. The van der Waals surface area contributed by atoms with E-state index in [-0.39, 0.29) is 5.41 Å². The first-order valence-corrected chi connectivity index (χ1v) is 7.09. The Morgan fingerprint density at radius 1 is 1.24 bits per heavy atom. The number of aromatic nitrogens is 4. The van der Waals surface area contributed by atoms with Gasteiger partial charge in [0.25, 0.3) is 0 Å². The Hall–Kier alpha value is -2.30. The summed E-state index contributed by atoms with van der Waals surface area (Å²) in [6, 6.07) is 5.89. The van der Waals surface area contributed by atoms with Crippen LogP contribution in [-0.4, -0.2) is 19.1 Å². The highest BCUT2D eigenvalue weighted by Crippen LogP contribution is 2.28. The molecule has 2 heterocycles. The zero-order valence-corrected chi connectivity index (χ0v) is 13.0. The lowest BCUT2D eigenvalue weighted by molar-refractivity contribution is 0.510. The monoisotopic (exact) mass is 283 g/mol. The van der Waals surface area contributed by atoms with Gasteiger partial charge in [0, 0.05) is 30.5 Å². The first kappa shape index (κ1) is 13.7. The van der Waals surface area contributed by atoms with Crippen LogP contribution in [0.25, 0.3) is 11.0 Å². The third kappa shape index (κ3) is 2.39. The van der Waals surface area contributed by atoms with Crippen LogP contribution in [-0.2, 0) is 19.0 Å². The molecular formula is C16H21N5. The van der Waals surface area contributed by atoms with Crippen molar-refractivity contribution >= 4 is 16.7 Å². The number of rotatable bonds is 2. The molecule has 0 spiro atoms. The van der Waals surface area contributed by atoms with Crippen molar-refractivity contribution in [2.45, 2.75) is 32.7 Å². The summed E-state index contributed by atoms with van der Waals surface area (Å²) in [5.41, 5.74) is 8.62. The average molecular weight is 283 g/mol. The first-order chi connectivity index (χ1) is 9.86. The van der Waals surface area contributed by atoms with Crippen molar-refractivity contribution in [3.05, 3.63) is 42.2 Å². The summed E-state index contributed by atoms with van der Waals surface area (Å²) in [5, 5.41) is 0. The molecule has 0 bridgehead atoms. The molecule has 2 aromatic heterocycles. The van der Waals surface area contributed by atoms with Crippen molar-refractivity contribution in [2.75, 3.05) is 5.73 Å². The molecule has 0 aliphatic carbocycles. The van der Waals surface area contributed by atoms with E-state index in [1.165, 1.54) is 0 Å². The molecule has 5 nitrogen and oxygen atoms in total. The van der Waals surface area contributed by atoms with E-state index < -0.39 is 0 Å². The molecule has 0 aliphatic heterocycles. The number of imidazole rings is 2. The predicted octanol–water partition coefficient (Wildman–Crippen LogP) is 2.70. The van der Waals surface area contributed by atoms with Gasteiger partial charge in [0.05, 0.1) is 17.6 Å². The second-order valence-electron chi connectivity index (χ2n) is 6.47. The van der Waals surface area contributed by atoms with Gasteiger partial charge in [0.2, 0.25) is 0 Å². The molecule has 1 aromatic carbocycles. The van der Waals surface area contributed by atoms with Gasteiger partial charge >= 0.3 is 0 Å². The topological polar surface area (TPSA) is 61.7 Å².